The van der Waals surface area contributed by atoms with Gasteiger partial charge in [-0.2, -0.15) is 0 Å². The molecule has 3 rings (SSSR count). The molecule has 1 aromatic heterocycles. The van der Waals surface area contributed by atoms with Crippen LogP contribution in [0.5, 0.6) is 0 Å². The molecule has 0 atom stereocenters. The van der Waals surface area contributed by atoms with Crippen molar-refractivity contribution in [3.05, 3.63) is 35.5 Å². The van der Waals surface area contributed by atoms with E-state index in [0.717, 1.165) is 41.5 Å². The first kappa shape index (κ1) is 14.0. The number of fused-ring (bicyclic) bond motifs is 2. The monoisotopic (exact) mass is 284 g/mol. The van der Waals surface area contributed by atoms with Crippen LogP contribution >= 0.6 is 0 Å². The molecule has 2 aromatic rings. The summed E-state index contributed by atoms with van der Waals surface area (Å²) in [6.07, 6.45) is 3.15. The number of para-hydroxylation sites is 1. The van der Waals surface area contributed by atoms with Crippen molar-refractivity contribution in [3.8, 4) is 0 Å². The second-order valence-corrected chi connectivity index (χ2v) is 6.01. The van der Waals surface area contributed by atoms with E-state index in [1.165, 1.54) is 5.56 Å². The van der Waals surface area contributed by atoms with Gasteiger partial charge in [-0.1, -0.05) is 18.2 Å². The Bertz CT molecular complexity index is 679. The Morgan fingerprint density at radius 2 is 2.14 bits per heavy atom. The standard InChI is InChI=1S/C17H21N3O/c1-11(2)18-10-16(21)20-17-12-6-3-4-8-14(12)19-15-9-5-7-13(15)17/h3-4,6,8,11,18H,5,7,9-10H2,1-2H3,(H,19,20,21)/p+1. The fourth-order valence-electron chi connectivity index (χ4n) is 2.89. The molecule has 21 heavy (non-hydrogen) atoms. The van der Waals surface area contributed by atoms with Gasteiger partial charge in [-0.3, -0.25) is 9.78 Å². The highest BCUT2D eigenvalue weighted by Crippen LogP contribution is 2.33. The average molecular weight is 284 g/mol. The second-order valence-electron chi connectivity index (χ2n) is 6.01. The molecule has 1 aromatic carbocycles. The van der Waals surface area contributed by atoms with Crippen LogP contribution in [0.1, 0.15) is 31.5 Å². The summed E-state index contributed by atoms with van der Waals surface area (Å²) >= 11 is 0. The Morgan fingerprint density at radius 1 is 1.33 bits per heavy atom. The van der Waals surface area contributed by atoms with Crippen LogP contribution in [0, 0.1) is 0 Å². The second kappa shape index (κ2) is 5.82. The predicted molar refractivity (Wildman–Crippen MR) is 84.3 cm³/mol. The lowest BCUT2D eigenvalue weighted by Gasteiger charge is -2.13. The van der Waals surface area contributed by atoms with Crippen LogP contribution in [-0.2, 0) is 17.6 Å². The summed E-state index contributed by atoms with van der Waals surface area (Å²) in [4.78, 5) is 16.9. The number of aryl methyl sites for hydroxylation is 1. The number of hydrogen-bond acceptors (Lipinski definition) is 2. The molecule has 0 fully saturated rings. The molecule has 1 heterocycles. The van der Waals surface area contributed by atoms with Crippen LogP contribution in [0.2, 0.25) is 0 Å². The number of aromatic nitrogens is 1. The topological polar surface area (TPSA) is 58.6 Å². The summed E-state index contributed by atoms with van der Waals surface area (Å²) in [5.74, 6) is 0.0640. The number of nitrogens with two attached hydrogens (primary N) is 1. The molecular weight excluding hydrogens is 262 g/mol. The minimum absolute atomic E-state index is 0.0640. The maximum atomic E-state index is 12.2. The Balaban J connectivity index is 1.95. The number of pyridine rings is 1. The number of amides is 1. The third-order valence-electron chi connectivity index (χ3n) is 3.96. The summed E-state index contributed by atoms with van der Waals surface area (Å²) < 4.78 is 0. The summed E-state index contributed by atoms with van der Waals surface area (Å²) in [7, 11) is 0. The molecule has 0 saturated heterocycles. The fourth-order valence-corrected chi connectivity index (χ4v) is 2.89. The largest absolute Gasteiger partial charge is 0.336 e. The van der Waals surface area contributed by atoms with Gasteiger partial charge in [0.2, 0.25) is 0 Å². The van der Waals surface area contributed by atoms with Crippen molar-refractivity contribution in [2.45, 2.75) is 39.2 Å². The van der Waals surface area contributed by atoms with Gasteiger partial charge in [-0.25, -0.2) is 0 Å². The van der Waals surface area contributed by atoms with Gasteiger partial charge in [-0.05, 0) is 44.7 Å². The van der Waals surface area contributed by atoms with Crippen molar-refractivity contribution in [1.82, 2.24) is 4.98 Å². The first-order valence-electron chi connectivity index (χ1n) is 7.69. The van der Waals surface area contributed by atoms with E-state index in [1.807, 2.05) is 29.6 Å². The highest BCUT2D eigenvalue weighted by atomic mass is 16.1. The summed E-state index contributed by atoms with van der Waals surface area (Å²) in [5.41, 5.74) is 4.33. The van der Waals surface area contributed by atoms with Gasteiger partial charge in [0.05, 0.1) is 17.2 Å². The molecule has 4 nitrogen and oxygen atoms in total. The van der Waals surface area contributed by atoms with Crippen molar-refractivity contribution >= 4 is 22.5 Å². The van der Waals surface area contributed by atoms with E-state index in [9.17, 15) is 4.79 Å². The summed E-state index contributed by atoms with van der Waals surface area (Å²) in [6.45, 7) is 4.64. The molecule has 110 valence electrons. The lowest BCUT2D eigenvalue weighted by atomic mass is 10.1. The van der Waals surface area contributed by atoms with Crippen molar-refractivity contribution < 1.29 is 10.1 Å². The lowest BCUT2D eigenvalue weighted by Crippen LogP contribution is -2.90. The van der Waals surface area contributed by atoms with Gasteiger partial charge < -0.3 is 10.6 Å². The summed E-state index contributed by atoms with van der Waals surface area (Å²) in [6, 6.07) is 8.48. The zero-order chi connectivity index (χ0) is 14.8. The zero-order valence-corrected chi connectivity index (χ0v) is 12.6. The molecule has 0 unspecified atom stereocenters. The Labute approximate surface area is 125 Å². The Morgan fingerprint density at radius 3 is 2.95 bits per heavy atom. The van der Waals surface area contributed by atoms with Gasteiger partial charge in [0.15, 0.2) is 6.54 Å². The number of hydrogen-bond donors (Lipinski definition) is 2. The molecule has 0 bridgehead atoms. The van der Waals surface area contributed by atoms with Crippen molar-refractivity contribution in [2.75, 3.05) is 11.9 Å². The van der Waals surface area contributed by atoms with Crippen LogP contribution in [0.25, 0.3) is 10.9 Å². The number of rotatable bonds is 4. The molecule has 1 aliphatic carbocycles. The highest BCUT2D eigenvalue weighted by Gasteiger charge is 2.21. The minimum atomic E-state index is 0.0640. The molecule has 0 saturated carbocycles. The molecule has 3 N–H and O–H groups in total. The molecule has 4 heteroatoms. The first-order valence-corrected chi connectivity index (χ1v) is 7.69. The van der Waals surface area contributed by atoms with E-state index in [2.05, 4.69) is 19.2 Å². The summed E-state index contributed by atoms with van der Waals surface area (Å²) in [5, 5.41) is 6.22. The predicted octanol–water partition coefficient (Wildman–Crippen LogP) is 1.63. The number of nitrogens with one attached hydrogen (secondary N) is 1. The maximum Gasteiger partial charge on any atom is 0.279 e. The quantitative estimate of drug-likeness (QED) is 0.896. The Hall–Kier alpha value is -1.94. The third-order valence-corrected chi connectivity index (χ3v) is 3.96. The average Bonchev–Trinajstić information content (AvgIpc) is 2.93. The van der Waals surface area contributed by atoms with Gasteiger partial charge in [0.1, 0.15) is 0 Å². The van der Waals surface area contributed by atoms with E-state index < -0.39 is 0 Å². The van der Waals surface area contributed by atoms with Crippen LogP contribution in [0.15, 0.2) is 24.3 Å². The normalized spacial score (nSPS) is 13.7. The first-order chi connectivity index (χ1) is 10.1. The van der Waals surface area contributed by atoms with Crippen molar-refractivity contribution in [3.63, 3.8) is 0 Å². The number of carbonyl (C=O) groups is 1. The van der Waals surface area contributed by atoms with E-state index >= 15 is 0 Å². The Kier molecular flexibility index (Phi) is 3.88. The fraction of sp³-hybridized carbons (Fsp3) is 0.412. The SMILES string of the molecule is CC(C)[NH2+]CC(=O)Nc1c2c(nc3ccccc13)CCC2. The number of anilines is 1. The van der Waals surface area contributed by atoms with E-state index in [4.69, 9.17) is 4.98 Å². The van der Waals surface area contributed by atoms with Gasteiger partial charge in [0.25, 0.3) is 5.91 Å². The van der Waals surface area contributed by atoms with Crippen molar-refractivity contribution in [2.24, 2.45) is 0 Å². The van der Waals surface area contributed by atoms with E-state index in [-0.39, 0.29) is 5.91 Å². The van der Waals surface area contributed by atoms with Crippen LogP contribution < -0.4 is 10.6 Å². The molecule has 1 amide bonds. The van der Waals surface area contributed by atoms with Crippen LogP contribution in [0.3, 0.4) is 0 Å². The number of quaternary nitrogens is 1. The number of benzene rings is 1. The van der Waals surface area contributed by atoms with Gasteiger partial charge >= 0.3 is 0 Å². The van der Waals surface area contributed by atoms with Crippen LogP contribution in [-0.4, -0.2) is 23.5 Å². The van der Waals surface area contributed by atoms with E-state index in [1.54, 1.807) is 0 Å². The molecular formula is C17H22N3O+. The van der Waals surface area contributed by atoms with Crippen LogP contribution in [0.4, 0.5) is 5.69 Å². The minimum Gasteiger partial charge on any atom is -0.336 e. The number of carbonyl (C=O) groups excluding carboxylic acids is 1. The van der Waals surface area contributed by atoms with Gasteiger partial charge in [0, 0.05) is 11.1 Å². The van der Waals surface area contributed by atoms with E-state index in [0.29, 0.717) is 12.6 Å². The lowest BCUT2D eigenvalue weighted by molar-refractivity contribution is -0.672. The molecule has 0 aliphatic heterocycles. The maximum absolute atomic E-state index is 12.2. The highest BCUT2D eigenvalue weighted by molar-refractivity contribution is 6.03. The smallest absolute Gasteiger partial charge is 0.279 e. The van der Waals surface area contributed by atoms with Gasteiger partial charge in [-0.15, -0.1) is 0 Å². The molecule has 1 aliphatic rings. The molecule has 0 spiro atoms. The number of nitrogens with zero attached hydrogens (tertiary/aromatic N) is 1. The zero-order valence-electron chi connectivity index (χ0n) is 12.6. The molecule has 0 radical (unpaired) electrons. The third kappa shape index (κ3) is 2.90. The van der Waals surface area contributed by atoms with Crippen molar-refractivity contribution in [1.29, 1.82) is 0 Å².